The second kappa shape index (κ2) is 5.63. The monoisotopic (exact) mass is 302 g/mol. The molecule has 0 radical (unpaired) electrons. The van der Waals surface area contributed by atoms with E-state index in [1.807, 2.05) is 0 Å². The van der Waals surface area contributed by atoms with Gasteiger partial charge in [-0.05, 0) is 60.3 Å². The molecule has 2 heteroatoms. The van der Waals surface area contributed by atoms with Gasteiger partial charge in [-0.2, -0.15) is 0 Å². The average Bonchev–Trinajstić information content (AvgIpc) is 2.41. The summed E-state index contributed by atoms with van der Waals surface area (Å²) < 4.78 is 0. The van der Waals surface area contributed by atoms with Gasteiger partial charge in [0, 0.05) is 6.42 Å². The van der Waals surface area contributed by atoms with Crippen molar-refractivity contribution >= 4 is 6.29 Å². The summed E-state index contributed by atoms with van der Waals surface area (Å²) in [6, 6.07) is 0. The first kappa shape index (κ1) is 16.0. The highest BCUT2D eigenvalue weighted by molar-refractivity contribution is 5.73. The smallest absolute Gasteiger partial charge is 0.145 e. The molecule has 0 heterocycles. The minimum Gasteiger partial charge on any atom is -0.392 e. The molecule has 0 unspecified atom stereocenters. The van der Waals surface area contributed by atoms with Crippen LogP contribution in [0.4, 0.5) is 0 Å². The molecule has 22 heavy (non-hydrogen) atoms. The zero-order valence-electron chi connectivity index (χ0n) is 14.3. The Bertz CT molecular complexity index is 514. The molecule has 0 aromatic heterocycles. The van der Waals surface area contributed by atoms with Crippen LogP contribution in [0, 0.1) is 22.7 Å². The highest BCUT2D eigenvalue weighted by atomic mass is 16.3. The summed E-state index contributed by atoms with van der Waals surface area (Å²) in [4.78, 5) is 11.2. The van der Waals surface area contributed by atoms with Crippen LogP contribution in [0.15, 0.2) is 23.3 Å². The largest absolute Gasteiger partial charge is 0.392 e. The van der Waals surface area contributed by atoms with Crippen LogP contribution >= 0.6 is 0 Å². The summed E-state index contributed by atoms with van der Waals surface area (Å²) in [6.45, 7) is 7.33. The fourth-order valence-electron chi connectivity index (χ4n) is 5.72. The van der Waals surface area contributed by atoms with Gasteiger partial charge in [0.05, 0.1) is 6.10 Å². The van der Waals surface area contributed by atoms with Gasteiger partial charge in [-0.3, -0.25) is 4.79 Å². The number of rotatable bonds is 1. The third kappa shape index (κ3) is 2.60. The number of fused-ring (bicyclic) bond motifs is 3. The Kier molecular flexibility index (Phi) is 4.09. The van der Waals surface area contributed by atoms with Gasteiger partial charge in [0.15, 0.2) is 0 Å². The topological polar surface area (TPSA) is 37.3 Å². The first-order valence-electron chi connectivity index (χ1n) is 8.88. The SMILES string of the molecule is CC1(C)CCC[C@@]2(C)[C@@H]1CC=C1C[C@@H](O)C/C(C=O)=C\C[C@@H]12. The highest BCUT2D eigenvalue weighted by Crippen LogP contribution is 2.61. The lowest BCUT2D eigenvalue weighted by molar-refractivity contribution is -0.105. The lowest BCUT2D eigenvalue weighted by Crippen LogP contribution is -2.49. The average molecular weight is 302 g/mol. The molecule has 1 N–H and O–H groups in total. The van der Waals surface area contributed by atoms with E-state index in [4.69, 9.17) is 0 Å². The Hall–Kier alpha value is -0.890. The van der Waals surface area contributed by atoms with Crippen LogP contribution in [0.1, 0.15) is 65.7 Å². The van der Waals surface area contributed by atoms with E-state index in [0.29, 0.717) is 29.1 Å². The molecule has 2 nitrogen and oxygen atoms in total. The Morgan fingerprint density at radius 3 is 2.64 bits per heavy atom. The summed E-state index contributed by atoms with van der Waals surface area (Å²) in [5.41, 5.74) is 2.94. The first-order chi connectivity index (χ1) is 10.4. The van der Waals surface area contributed by atoms with Gasteiger partial charge >= 0.3 is 0 Å². The Labute approximate surface area is 134 Å². The molecule has 1 fully saturated rings. The van der Waals surface area contributed by atoms with E-state index in [-0.39, 0.29) is 0 Å². The zero-order valence-corrected chi connectivity index (χ0v) is 14.3. The molecular weight excluding hydrogens is 272 g/mol. The van der Waals surface area contributed by atoms with E-state index in [2.05, 4.69) is 32.9 Å². The summed E-state index contributed by atoms with van der Waals surface area (Å²) >= 11 is 0. The van der Waals surface area contributed by atoms with E-state index in [1.54, 1.807) is 0 Å². The zero-order chi connectivity index (χ0) is 16.0. The summed E-state index contributed by atoms with van der Waals surface area (Å²) in [6.07, 6.45) is 12.4. The standard InChI is InChI=1S/C20H30O2/c1-19(2)9-4-10-20(3)17-7-5-14(13-21)11-16(22)12-15(17)6-8-18(19)20/h5-6,13,16-18,22H,4,7-12H2,1-3H3/b14-5+/t16-,17-,18+,20+/m0/s1. The quantitative estimate of drug-likeness (QED) is 0.574. The van der Waals surface area contributed by atoms with E-state index in [9.17, 15) is 9.90 Å². The van der Waals surface area contributed by atoms with Crippen molar-refractivity contribution in [3.8, 4) is 0 Å². The predicted molar refractivity (Wildman–Crippen MR) is 89.4 cm³/mol. The fraction of sp³-hybridized carbons (Fsp3) is 0.750. The number of hydrogen-bond donors (Lipinski definition) is 1. The summed E-state index contributed by atoms with van der Waals surface area (Å²) in [5.74, 6) is 1.21. The maximum absolute atomic E-state index is 11.2. The highest BCUT2D eigenvalue weighted by Gasteiger charge is 2.52. The number of carbonyl (C=O) groups excluding carboxylic acids is 1. The molecule has 3 aliphatic rings. The number of hydrogen-bond acceptors (Lipinski definition) is 2. The van der Waals surface area contributed by atoms with Crippen molar-refractivity contribution in [3.05, 3.63) is 23.3 Å². The van der Waals surface area contributed by atoms with Crippen molar-refractivity contribution in [2.75, 3.05) is 0 Å². The number of allylic oxidation sites excluding steroid dienone is 2. The van der Waals surface area contributed by atoms with Crippen molar-refractivity contribution in [3.63, 3.8) is 0 Å². The van der Waals surface area contributed by atoms with Gasteiger partial charge < -0.3 is 5.11 Å². The van der Waals surface area contributed by atoms with Crippen LogP contribution in [0.25, 0.3) is 0 Å². The second-order valence-corrected chi connectivity index (χ2v) is 8.66. The van der Waals surface area contributed by atoms with Gasteiger partial charge in [0.1, 0.15) is 6.29 Å². The van der Waals surface area contributed by atoms with E-state index >= 15 is 0 Å². The molecule has 0 aromatic rings. The lowest BCUT2D eigenvalue weighted by atomic mass is 9.47. The van der Waals surface area contributed by atoms with E-state index < -0.39 is 6.10 Å². The molecule has 1 saturated carbocycles. The molecule has 3 aliphatic carbocycles. The summed E-state index contributed by atoms with van der Waals surface area (Å²) in [5, 5.41) is 10.3. The van der Waals surface area contributed by atoms with Crippen molar-refractivity contribution in [2.45, 2.75) is 71.8 Å². The number of aliphatic hydroxyl groups excluding tert-OH is 1. The normalized spacial score (nSPS) is 43.5. The molecule has 3 rings (SSSR count). The van der Waals surface area contributed by atoms with Gasteiger partial charge in [-0.1, -0.05) is 44.9 Å². The predicted octanol–water partition coefficient (Wildman–Crippen LogP) is 4.44. The minimum atomic E-state index is -0.401. The maximum atomic E-state index is 11.2. The van der Waals surface area contributed by atoms with Crippen LogP contribution in [-0.4, -0.2) is 17.5 Å². The lowest BCUT2D eigenvalue weighted by Gasteiger charge is -2.57. The van der Waals surface area contributed by atoms with E-state index in [0.717, 1.165) is 31.1 Å². The number of aliphatic hydroxyl groups is 1. The van der Waals surface area contributed by atoms with Gasteiger partial charge in [0.25, 0.3) is 0 Å². The fourth-order valence-corrected chi connectivity index (χ4v) is 5.72. The van der Waals surface area contributed by atoms with Crippen LogP contribution in [0.5, 0.6) is 0 Å². The molecule has 0 saturated heterocycles. The van der Waals surface area contributed by atoms with Crippen LogP contribution < -0.4 is 0 Å². The van der Waals surface area contributed by atoms with E-state index in [1.165, 1.54) is 24.8 Å². The third-order valence-electron chi connectivity index (χ3n) is 6.85. The second-order valence-electron chi connectivity index (χ2n) is 8.66. The molecular formula is C20H30O2. The van der Waals surface area contributed by atoms with Crippen molar-refractivity contribution in [1.29, 1.82) is 0 Å². The first-order valence-corrected chi connectivity index (χ1v) is 8.88. The van der Waals surface area contributed by atoms with Crippen molar-refractivity contribution < 1.29 is 9.90 Å². The number of carbonyl (C=O) groups is 1. The van der Waals surface area contributed by atoms with Gasteiger partial charge in [0.2, 0.25) is 0 Å². The molecule has 122 valence electrons. The summed E-state index contributed by atoms with van der Waals surface area (Å²) in [7, 11) is 0. The molecule has 0 aliphatic heterocycles. The molecule has 0 aromatic carbocycles. The number of aldehydes is 1. The van der Waals surface area contributed by atoms with Crippen molar-refractivity contribution in [2.24, 2.45) is 22.7 Å². The Morgan fingerprint density at radius 1 is 1.14 bits per heavy atom. The minimum absolute atomic E-state index is 0.313. The maximum Gasteiger partial charge on any atom is 0.145 e. The van der Waals surface area contributed by atoms with Crippen LogP contribution in [0.3, 0.4) is 0 Å². The Morgan fingerprint density at radius 2 is 1.91 bits per heavy atom. The Balaban J connectivity index is 1.99. The van der Waals surface area contributed by atoms with Gasteiger partial charge in [-0.15, -0.1) is 0 Å². The molecule has 0 spiro atoms. The van der Waals surface area contributed by atoms with Crippen molar-refractivity contribution in [1.82, 2.24) is 0 Å². The third-order valence-corrected chi connectivity index (χ3v) is 6.85. The molecule has 0 bridgehead atoms. The van der Waals surface area contributed by atoms with Crippen LogP contribution in [0.2, 0.25) is 0 Å². The van der Waals surface area contributed by atoms with Gasteiger partial charge in [-0.25, -0.2) is 0 Å². The van der Waals surface area contributed by atoms with Crippen LogP contribution in [-0.2, 0) is 4.79 Å². The molecule has 0 amide bonds. The molecule has 4 atom stereocenters.